The van der Waals surface area contributed by atoms with Gasteiger partial charge in [0, 0.05) is 1.43 Å². The lowest BCUT2D eigenvalue weighted by molar-refractivity contribution is 0.414. The first-order chi connectivity index (χ1) is 6.40. The van der Waals surface area contributed by atoms with E-state index in [-0.39, 0.29) is 1.43 Å². The summed E-state index contributed by atoms with van der Waals surface area (Å²) in [4.78, 5) is 0. The van der Waals surface area contributed by atoms with Gasteiger partial charge in [0.15, 0.2) is 0 Å². The number of methoxy groups -OCH3 is 1. The molecule has 4 nitrogen and oxygen atoms in total. The van der Waals surface area contributed by atoms with Crippen LogP contribution in [0.5, 0.6) is 5.75 Å². The summed E-state index contributed by atoms with van der Waals surface area (Å²) < 4.78 is 6.74. The van der Waals surface area contributed by atoms with Crippen molar-refractivity contribution in [2.75, 3.05) is 7.11 Å². The number of aromatic nitrogens is 3. The summed E-state index contributed by atoms with van der Waals surface area (Å²) in [6.45, 7) is 0. The van der Waals surface area contributed by atoms with E-state index < -0.39 is 0 Å². The van der Waals surface area contributed by atoms with Gasteiger partial charge in [0.25, 0.3) is 0 Å². The van der Waals surface area contributed by atoms with Crippen LogP contribution in [0.3, 0.4) is 0 Å². The van der Waals surface area contributed by atoms with Crippen LogP contribution in [-0.2, 0) is 0 Å². The van der Waals surface area contributed by atoms with Crippen molar-refractivity contribution in [2.24, 2.45) is 0 Å². The number of benzene rings is 1. The van der Waals surface area contributed by atoms with Crippen LogP contribution in [0.25, 0.3) is 5.69 Å². The molecule has 0 radical (unpaired) electrons. The highest BCUT2D eigenvalue weighted by Gasteiger charge is 1.96. The third-order valence-corrected chi connectivity index (χ3v) is 1.76. The molecule has 4 heteroatoms. The van der Waals surface area contributed by atoms with Crippen molar-refractivity contribution in [1.29, 1.82) is 0 Å². The van der Waals surface area contributed by atoms with Crippen LogP contribution in [-0.4, -0.2) is 22.1 Å². The summed E-state index contributed by atoms with van der Waals surface area (Å²) in [6, 6.07) is 7.62. The molecule has 0 spiro atoms. The maximum Gasteiger partial charge on any atom is 0.119 e. The maximum absolute atomic E-state index is 5.04. The minimum Gasteiger partial charge on any atom is -0.497 e. The molecule has 68 valence electrons. The van der Waals surface area contributed by atoms with Gasteiger partial charge in [-0.1, -0.05) is 5.21 Å². The molecule has 0 N–H and O–H groups in total. The standard InChI is InChI=1S/C9H9N3O.H2/c1-13-9-4-2-8(3-5-9)12-7-6-10-11-12;/h2-7H,1H3;1H/i;1+1. The second kappa shape index (κ2) is 3.26. The lowest BCUT2D eigenvalue weighted by atomic mass is 10.3. The van der Waals surface area contributed by atoms with Crippen molar-refractivity contribution < 1.29 is 6.16 Å². The van der Waals surface area contributed by atoms with E-state index in [0.29, 0.717) is 0 Å². The zero-order chi connectivity index (χ0) is 9.10. The van der Waals surface area contributed by atoms with E-state index in [1.54, 1.807) is 24.2 Å². The SMILES string of the molecule is COc1ccc(-n2ccnn2)cc1.[2HH]. The molecule has 0 fully saturated rings. The molecular formula is C9H11N3O. The molecule has 1 aromatic heterocycles. The van der Waals surface area contributed by atoms with Crippen LogP contribution in [0, 0.1) is 0 Å². The van der Waals surface area contributed by atoms with Gasteiger partial charge in [0.1, 0.15) is 5.75 Å². The minimum atomic E-state index is 0. The summed E-state index contributed by atoms with van der Waals surface area (Å²) in [5, 5.41) is 7.59. The predicted molar refractivity (Wildman–Crippen MR) is 50.0 cm³/mol. The van der Waals surface area contributed by atoms with Crippen molar-refractivity contribution >= 4 is 0 Å². The number of rotatable bonds is 2. The summed E-state index contributed by atoms with van der Waals surface area (Å²) >= 11 is 0. The Balaban J connectivity index is 0.000000980. The number of hydrogen-bond donors (Lipinski definition) is 0. The van der Waals surface area contributed by atoms with E-state index in [4.69, 9.17) is 4.74 Å². The van der Waals surface area contributed by atoms with E-state index in [0.717, 1.165) is 11.4 Å². The second-order valence-electron chi connectivity index (χ2n) is 2.55. The fourth-order valence-electron chi connectivity index (χ4n) is 1.08. The molecule has 0 saturated carbocycles. The molecule has 0 atom stereocenters. The first-order valence-corrected chi connectivity index (χ1v) is 3.91. The third-order valence-electron chi connectivity index (χ3n) is 1.76. The zero-order valence-corrected chi connectivity index (χ0v) is 7.21. The monoisotopic (exact) mass is 178 g/mol. The molecule has 0 aliphatic rings. The lowest BCUT2D eigenvalue weighted by Crippen LogP contribution is -1.94. The van der Waals surface area contributed by atoms with Gasteiger partial charge in [-0.05, 0) is 24.3 Å². The van der Waals surface area contributed by atoms with Crippen LogP contribution >= 0.6 is 0 Å². The van der Waals surface area contributed by atoms with Crippen LogP contribution in [0.15, 0.2) is 36.7 Å². The van der Waals surface area contributed by atoms with Crippen molar-refractivity contribution in [2.45, 2.75) is 0 Å². The Morgan fingerprint density at radius 3 is 2.62 bits per heavy atom. The molecule has 0 amide bonds. The molecule has 1 aromatic carbocycles. The topological polar surface area (TPSA) is 39.9 Å². The number of ether oxygens (including phenoxy) is 1. The Hall–Kier alpha value is -1.84. The van der Waals surface area contributed by atoms with E-state index in [1.165, 1.54) is 0 Å². The average Bonchev–Trinajstić information content (AvgIpc) is 2.71. The van der Waals surface area contributed by atoms with Gasteiger partial charge in [-0.25, -0.2) is 4.68 Å². The van der Waals surface area contributed by atoms with Crippen molar-refractivity contribution in [3.63, 3.8) is 0 Å². The van der Waals surface area contributed by atoms with Gasteiger partial charge in [-0.15, -0.1) is 5.10 Å². The van der Waals surface area contributed by atoms with Gasteiger partial charge >= 0.3 is 0 Å². The summed E-state index contributed by atoms with van der Waals surface area (Å²) in [5.74, 6) is 0.837. The Morgan fingerprint density at radius 1 is 1.31 bits per heavy atom. The highest BCUT2D eigenvalue weighted by molar-refractivity contribution is 5.36. The molecule has 1 heterocycles. The fraction of sp³-hybridized carbons (Fsp3) is 0.111. The molecule has 0 aliphatic carbocycles. The lowest BCUT2D eigenvalue weighted by Gasteiger charge is -2.01. The molecule has 0 bridgehead atoms. The van der Waals surface area contributed by atoms with Crippen LogP contribution in [0.2, 0.25) is 0 Å². The summed E-state index contributed by atoms with van der Waals surface area (Å²) in [6.07, 6.45) is 3.44. The Bertz CT molecular complexity index is 371. The molecule has 13 heavy (non-hydrogen) atoms. The minimum absolute atomic E-state index is 0. The normalized spacial score (nSPS) is 9.92. The van der Waals surface area contributed by atoms with Gasteiger partial charge in [0.2, 0.25) is 0 Å². The molecule has 2 aromatic rings. The molecule has 0 aliphatic heterocycles. The largest absolute Gasteiger partial charge is 0.497 e. The Morgan fingerprint density at radius 2 is 2.08 bits per heavy atom. The Labute approximate surface area is 77.2 Å². The smallest absolute Gasteiger partial charge is 0.119 e. The highest BCUT2D eigenvalue weighted by atomic mass is 16.5. The van der Waals surface area contributed by atoms with Crippen LogP contribution < -0.4 is 4.74 Å². The van der Waals surface area contributed by atoms with Crippen molar-refractivity contribution in [3.8, 4) is 11.4 Å². The first kappa shape index (κ1) is 7.79. The van der Waals surface area contributed by atoms with Crippen molar-refractivity contribution in [3.05, 3.63) is 36.7 Å². The third kappa shape index (κ3) is 1.51. The molecule has 0 saturated heterocycles. The van der Waals surface area contributed by atoms with E-state index in [2.05, 4.69) is 10.3 Å². The van der Waals surface area contributed by atoms with Gasteiger partial charge in [-0.2, -0.15) is 0 Å². The zero-order valence-electron chi connectivity index (χ0n) is 7.21. The molecular weight excluding hydrogens is 166 g/mol. The first-order valence-electron chi connectivity index (χ1n) is 3.91. The van der Waals surface area contributed by atoms with Crippen LogP contribution in [0.1, 0.15) is 1.43 Å². The van der Waals surface area contributed by atoms with E-state index >= 15 is 0 Å². The maximum atomic E-state index is 5.04. The Kier molecular flexibility index (Phi) is 1.96. The summed E-state index contributed by atoms with van der Waals surface area (Å²) in [5.41, 5.74) is 0.971. The number of nitrogens with zero attached hydrogens (tertiary/aromatic N) is 3. The van der Waals surface area contributed by atoms with E-state index in [9.17, 15) is 0 Å². The highest BCUT2D eigenvalue weighted by Crippen LogP contribution is 2.13. The van der Waals surface area contributed by atoms with Crippen molar-refractivity contribution in [1.82, 2.24) is 15.0 Å². The van der Waals surface area contributed by atoms with E-state index in [1.807, 2.05) is 24.3 Å². The molecule has 2 rings (SSSR count). The fourth-order valence-corrected chi connectivity index (χ4v) is 1.08. The summed E-state index contributed by atoms with van der Waals surface area (Å²) in [7, 11) is 1.64. The average molecular weight is 178 g/mol. The second-order valence-corrected chi connectivity index (χ2v) is 2.55. The quantitative estimate of drug-likeness (QED) is 0.700. The van der Waals surface area contributed by atoms with Gasteiger partial charge in [0.05, 0.1) is 25.2 Å². The van der Waals surface area contributed by atoms with Gasteiger partial charge < -0.3 is 4.74 Å². The predicted octanol–water partition coefficient (Wildman–Crippen LogP) is 1.52. The molecule has 0 unspecified atom stereocenters. The number of hydrogen-bond acceptors (Lipinski definition) is 3. The van der Waals surface area contributed by atoms with Gasteiger partial charge in [-0.3, -0.25) is 0 Å². The van der Waals surface area contributed by atoms with Crippen LogP contribution in [0.4, 0.5) is 0 Å².